The van der Waals surface area contributed by atoms with Crippen LogP contribution in [0.4, 0.5) is 0 Å². The van der Waals surface area contributed by atoms with Crippen LogP contribution in [-0.2, 0) is 4.74 Å². The Bertz CT molecular complexity index is 1320. The highest BCUT2D eigenvalue weighted by Crippen LogP contribution is 2.41. The first-order valence-electron chi connectivity index (χ1n) is 11.7. The molecule has 2 aliphatic rings. The number of halogens is 1. The van der Waals surface area contributed by atoms with E-state index in [1.165, 1.54) is 0 Å². The number of carbonyl (C=O) groups is 1. The van der Waals surface area contributed by atoms with Crippen LogP contribution in [0.15, 0.2) is 45.6 Å². The zero-order valence-electron chi connectivity index (χ0n) is 19.7. The van der Waals surface area contributed by atoms with Gasteiger partial charge >= 0.3 is 0 Å². The third-order valence-corrected chi connectivity index (χ3v) is 6.73. The van der Waals surface area contributed by atoms with E-state index >= 15 is 0 Å². The second-order valence-corrected chi connectivity index (χ2v) is 8.95. The average molecular weight is 499 g/mol. The van der Waals surface area contributed by atoms with Crippen molar-refractivity contribution < 1.29 is 23.4 Å². The highest BCUT2D eigenvalue weighted by Gasteiger charge is 2.43. The predicted octanol–water partition coefficient (Wildman–Crippen LogP) is 3.73. The zero-order valence-corrected chi connectivity index (χ0v) is 20.5. The fourth-order valence-corrected chi connectivity index (χ4v) is 4.94. The van der Waals surface area contributed by atoms with Gasteiger partial charge in [0, 0.05) is 31.2 Å². The van der Waals surface area contributed by atoms with E-state index in [9.17, 15) is 9.59 Å². The van der Waals surface area contributed by atoms with Crippen LogP contribution in [-0.4, -0.2) is 68.8 Å². The lowest BCUT2D eigenvalue weighted by molar-refractivity contribution is 0.0314. The van der Waals surface area contributed by atoms with Crippen molar-refractivity contribution in [3.05, 3.63) is 68.5 Å². The van der Waals surface area contributed by atoms with Crippen molar-refractivity contribution in [2.45, 2.75) is 13.0 Å². The first-order chi connectivity index (χ1) is 17.0. The highest BCUT2D eigenvalue weighted by molar-refractivity contribution is 6.31. The maximum absolute atomic E-state index is 13.7. The maximum atomic E-state index is 13.7. The summed E-state index contributed by atoms with van der Waals surface area (Å²) >= 11 is 6.17. The molecule has 1 atom stereocenters. The van der Waals surface area contributed by atoms with Crippen molar-refractivity contribution >= 4 is 28.5 Å². The lowest BCUT2D eigenvalue weighted by Crippen LogP contribution is -2.42. The summed E-state index contributed by atoms with van der Waals surface area (Å²) in [6.45, 7) is 6.41. The average Bonchev–Trinajstić information content (AvgIpc) is 3.16. The van der Waals surface area contributed by atoms with E-state index in [-0.39, 0.29) is 17.1 Å². The first kappa shape index (κ1) is 23.7. The van der Waals surface area contributed by atoms with Gasteiger partial charge in [-0.15, -0.1) is 0 Å². The molecule has 184 valence electrons. The summed E-state index contributed by atoms with van der Waals surface area (Å²) in [7, 11) is 1.56. The smallest absolute Gasteiger partial charge is 0.290 e. The quantitative estimate of drug-likeness (QED) is 0.491. The van der Waals surface area contributed by atoms with E-state index in [1.54, 1.807) is 36.3 Å². The van der Waals surface area contributed by atoms with E-state index < -0.39 is 6.04 Å². The molecule has 5 rings (SSSR count). The number of nitrogens with zero attached hydrogens (tertiary/aromatic N) is 2. The minimum absolute atomic E-state index is 0.0738. The Morgan fingerprint density at radius 3 is 2.60 bits per heavy atom. The third kappa shape index (κ3) is 4.37. The summed E-state index contributed by atoms with van der Waals surface area (Å²) < 4.78 is 22.7. The lowest BCUT2D eigenvalue weighted by Gasteiger charge is -2.31. The number of hydrogen-bond donors (Lipinski definition) is 0. The van der Waals surface area contributed by atoms with Crippen molar-refractivity contribution in [2.75, 3.05) is 53.1 Å². The molecule has 0 N–H and O–H groups in total. The van der Waals surface area contributed by atoms with Gasteiger partial charge in [0.2, 0.25) is 5.76 Å². The fraction of sp³-hybridized carbons (Fsp3) is 0.385. The van der Waals surface area contributed by atoms with Gasteiger partial charge in [-0.2, -0.15) is 0 Å². The molecule has 2 aliphatic heterocycles. The lowest BCUT2D eigenvalue weighted by atomic mass is 9.98. The predicted molar refractivity (Wildman–Crippen MR) is 132 cm³/mol. The summed E-state index contributed by atoms with van der Waals surface area (Å²) in [6.07, 6.45) is 0. The Balaban J connectivity index is 1.62. The molecule has 1 fully saturated rings. The number of rotatable bonds is 7. The third-order valence-electron chi connectivity index (χ3n) is 6.49. The molecule has 1 aromatic heterocycles. The largest absolute Gasteiger partial charge is 0.493 e. The fourth-order valence-electron chi connectivity index (χ4n) is 4.77. The number of benzene rings is 2. The molecule has 0 aliphatic carbocycles. The van der Waals surface area contributed by atoms with Crippen LogP contribution in [0.25, 0.3) is 11.0 Å². The molecule has 1 unspecified atom stereocenters. The van der Waals surface area contributed by atoms with Gasteiger partial charge in [-0.1, -0.05) is 17.7 Å². The maximum Gasteiger partial charge on any atom is 0.290 e. The van der Waals surface area contributed by atoms with E-state index in [4.69, 9.17) is 30.2 Å². The van der Waals surface area contributed by atoms with Crippen molar-refractivity contribution in [3.63, 3.8) is 0 Å². The van der Waals surface area contributed by atoms with Gasteiger partial charge in [-0.3, -0.25) is 14.5 Å². The van der Waals surface area contributed by atoms with E-state index in [0.29, 0.717) is 66.0 Å². The molecule has 8 nitrogen and oxygen atoms in total. The molecule has 1 saturated heterocycles. The van der Waals surface area contributed by atoms with Crippen molar-refractivity contribution in [1.82, 2.24) is 9.80 Å². The van der Waals surface area contributed by atoms with Crippen molar-refractivity contribution in [3.8, 4) is 11.5 Å². The van der Waals surface area contributed by atoms with Crippen molar-refractivity contribution in [1.29, 1.82) is 0 Å². The highest BCUT2D eigenvalue weighted by atomic mass is 35.5. The van der Waals surface area contributed by atoms with E-state index in [1.807, 2.05) is 19.1 Å². The van der Waals surface area contributed by atoms with Crippen LogP contribution in [0.2, 0.25) is 5.02 Å². The number of methoxy groups -OCH3 is 1. The van der Waals surface area contributed by atoms with Gasteiger partial charge < -0.3 is 23.5 Å². The molecule has 0 bridgehead atoms. The second-order valence-electron chi connectivity index (χ2n) is 8.51. The molecule has 0 spiro atoms. The minimum atomic E-state index is -0.622. The summed E-state index contributed by atoms with van der Waals surface area (Å²) in [5.41, 5.74) is 1.14. The summed E-state index contributed by atoms with van der Waals surface area (Å²) in [4.78, 5) is 31.3. The molecule has 1 amide bonds. The first-order valence-corrected chi connectivity index (χ1v) is 12.1. The van der Waals surface area contributed by atoms with Gasteiger partial charge in [0.05, 0.1) is 43.9 Å². The summed E-state index contributed by atoms with van der Waals surface area (Å²) in [5.74, 6) is 0.900. The van der Waals surface area contributed by atoms with Gasteiger partial charge in [0.15, 0.2) is 16.9 Å². The minimum Gasteiger partial charge on any atom is -0.493 e. The van der Waals surface area contributed by atoms with Crippen LogP contribution in [0.1, 0.15) is 34.6 Å². The molecule has 0 saturated carbocycles. The molecule has 9 heteroatoms. The molecule has 2 aromatic carbocycles. The number of morpholine rings is 1. The van der Waals surface area contributed by atoms with Crippen molar-refractivity contribution in [2.24, 2.45) is 0 Å². The van der Waals surface area contributed by atoms with Crippen LogP contribution < -0.4 is 14.9 Å². The molecular formula is C26H27ClN2O6. The summed E-state index contributed by atoms with van der Waals surface area (Å²) in [6, 6.07) is 9.72. The topological polar surface area (TPSA) is 81.5 Å². The molecule has 3 aromatic rings. The Morgan fingerprint density at radius 2 is 1.86 bits per heavy atom. The van der Waals surface area contributed by atoms with Gasteiger partial charge in [0.1, 0.15) is 5.58 Å². The monoisotopic (exact) mass is 498 g/mol. The van der Waals surface area contributed by atoms with Crippen LogP contribution >= 0.6 is 11.6 Å². The number of fused-ring (bicyclic) bond motifs is 2. The molecule has 3 heterocycles. The number of amides is 1. The number of hydrogen-bond acceptors (Lipinski definition) is 7. The standard InChI is InChI=1S/C26H27ClN2O6/c1-3-34-20-6-4-16(14-21(20)32-2)23-22-24(30)18-15-17(27)5-7-19(18)35-25(22)26(31)29(23)9-8-28-10-12-33-13-11-28/h4-7,14-15,23H,3,8-13H2,1-2H3. The van der Waals surface area contributed by atoms with Crippen LogP contribution in [0.3, 0.4) is 0 Å². The normalized spacial score (nSPS) is 18.2. The van der Waals surface area contributed by atoms with Gasteiger partial charge in [0.25, 0.3) is 5.91 Å². The second kappa shape index (κ2) is 9.89. The Hall–Kier alpha value is -3.07. The summed E-state index contributed by atoms with van der Waals surface area (Å²) in [5, 5.41) is 0.777. The Morgan fingerprint density at radius 1 is 1.06 bits per heavy atom. The molecule has 35 heavy (non-hydrogen) atoms. The Kier molecular flexibility index (Phi) is 6.69. The number of ether oxygens (including phenoxy) is 3. The van der Waals surface area contributed by atoms with E-state index in [0.717, 1.165) is 18.7 Å². The SMILES string of the molecule is CCOc1ccc(C2c3c(oc4ccc(Cl)cc4c3=O)C(=O)N2CCN2CCOCC2)cc1OC. The number of carbonyl (C=O) groups excluding carboxylic acids is 1. The zero-order chi connectivity index (χ0) is 24.5. The van der Waals surface area contributed by atoms with Crippen LogP contribution in [0.5, 0.6) is 11.5 Å². The van der Waals surface area contributed by atoms with Crippen LogP contribution in [0, 0.1) is 0 Å². The van der Waals surface area contributed by atoms with E-state index in [2.05, 4.69) is 4.90 Å². The van der Waals surface area contributed by atoms with Gasteiger partial charge in [-0.05, 0) is 42.8 Å². The Labute approximate surface area is 207 Å². The molecule has 0 radical (unpaired) electrons. The van der Waals surface area contributed by atoms with Gasteiger partial charge in [-0.25, -0.2) is 0 Å². The molecular weight excluding hydrogens is 472 g/mol.